The van der Waals surface area contributed by atoms with Crippen molar-refractivity contribution in [3.05, 3.63) is 198 Å². The lowest BCUT2D eigenvalue weighted by atomic mass is 9.64. The van der Waals surface area contributed by atoms with Gasteiger partial charge in [0.15, 0.2) is 17.5 Å². The van der Waals surface area contributed by atoms with Gasteiger partial charge >= 0.3 is 0 Å². The van der Waals surface area contributed by atoms with Gasteiger partial charge in [0.05, 0.1) is 5.41 Å². The lowest BCUT2D eigenvalue weighted by Crippen LogP contribution is -2.34. The first-order chi connectivity index (χ1) is 25.3. The zero-order valence-corrected chi connectivity index (χ0v) is 29.0. The summed E-state index contributed by atoms with van der Waals surface area (Å²) in [7, 11) is 0. The van der Waals surface area contributed by atoms with Crippen LogP contribution in [0.1, 0.15) is 22.3 Å². The molecule has 3 heterocycles. The molecular weight excluding hydrogens is 659 g/mol. The number of benzene rings is 7. The molecule has 3 nitrogen and oxygen atoms in total. The number of nitrogens with zero attached hydrogens (tertiary/aromatic N) is 3. The van der Waals surface area contributed by atoms with Crippen molar-refractivity contribution in [1.29, 1.82) is 0 Å². The Bertz CT molecular complexity index is 2680. The molecule has 0 amide bonds. The van der Waals surface area contributed by atoms with Crippen molar-refractivity contribution in [3.63, 3.8) is 0 Å². The van der Waals surface area contributed by atoms with E-state index in [9.17, 15) is 0 Å². The minimum Gasteiger partial charge on any atom is -0.208 e. The SMILES string of the molecule is c1ccc(-c2nc(-c3ccc4c(c3)C(c3ccccc3)(c3ccccc3)c3ccccc3S4)nc(-c3ccc4c(c3)sc3ccccc34)n2)cc1. The number of aromatic nitrogens is 3. The Morgan fingerprint density at radius 3 is 1.63 bits per heavy atom. The van der Waals surface area contributed by atoms with Crippen molar-refractivity contribution >= 4 is 43.3 Å². The average molecular weight is 688 g/mol. The molecule has 0 bridgehead atoms. The maximum Gasteiger partial charge on any atom is 0.164 e. The highest BCUT2D eigenvalue weighted by atomic mass is 32.2. The summed E-state index contributed by atoms with van der Waals surface area (Å²) in [6.45, 7) is 0. The molecule has 0 unspecified atom stereocenters. The third kappa shape index (κ3) is 4.92. The molecule has 0 spiro atoms. The molecule has 1 aliphatic rings. The van der Waals surface area contributed by atoms with Crippen LogP contribution in [0.2, 0.25) is 0 Å². The van der Waals surface area contributed by atoms with Crippen LogP contribution in [0.3, 0.4) is 0 Å². The van der Waals surface area contributed by atoms with Crippen molar-refractivity contribution < 1.29 is 0 Å². The molecule has 0 saturated carbocycles. The first-order valence-corrected chi connectivity index (χ1v) is 18.7. The summed E-state index contributed by atoms with van der Waals surface area (Å²) < 4.78 is 2.50. The van der Waals surface area contributed by atoms with E-state index in [0.717, 1.165) is 16.7 Å². The molecule has 0 N–H and O–H groups in total. The van der Waals surface area contributed by atoms with Crippen LogP contribution in [-0.2, 0) is 5.41 Å². The Morgan fingerprint density at radius 2 is 0.902 bits per heavy atom. The van der Waals surface area contributed by atoms with E-state index in [-0.39, 0.29) is 0 Å². The number of fused-ring (bicyclic) bond motifs is 5. The Labute approximate surface area is 304 Å². The van der Waals surface area contributed by atoms with Gasteiger partial charge in [0.2, 0.25) is 0 Å². The first kappa shape index (κ1) is 30.0. The fraction of sp³-hybridized carbons (Fsp3) is 0.0217. The van der Waals surface area contributed by atoms with Crippen LogP contribution < -0.4 is 0 Å². The molecule has 1 aliphatic heterocycles. The van der Waals surface area contributed by atoms with Gasteiger partial charge in [-0.15, -0.1) is 11.3 Å². The summed E-state index contributed by atoms with van der Waals surface area (Å²) in [6, 6.07) is 62.7. The molecule has 240 valence electrons. The zero-order chi connectivity index (χ0) is 33.8. The lowest BCUT2D eigenvalue weighted by molar-refractivity contribution is 0.703. The predicted octanol–water partition coefficient (Wildman–Crippen LogP) is 12.1. The summed E-state index contributed by atoms with van der Waals surface area (Å²) in [5.41, 5.74) is 7.27. The minimum absolute atomic E-state index is 0.542. The third-order valence-electron chi connectivity index (χ3n) is 9.87. The summed E-state index contributed by atoms with van der Waals surface area (Å²) >= 11 is 3.63. The topological polar surface area (TPSA) is 38.7 Å². The zero-order valence-electron chi connectivity index (χ0n) is 27.4. The summed E-state index contributed by atoms with van der Waals surface area (Å²) in [6.07, 6.45) is 0. The van der Waals surface area contributed by atoms with Gasteiger partial charge in [-0.2, -0.15) is 0 Å². The smallest absolute Gasteiger partial charge is 0.164 e. The molecule has 0 radical (unpaired) electrons. The molecule has 51 heavy (non-hydrogen) atoms. The first-order valence-electron chi connectivity index (χ1n) is 17.0. The highest BCUT2D eigenvalue weighted by molar-refractivity contribution is 7.99. The van der Waals surface area contributed by atoms with Crippen LogP contribution in [0.15, 0.2) is 186 Å². The molecule has 0 aliphatic carbocycles. The average Bonchev–Trinajstić information content (AvgIpc) is 3.58. The number of hydrogen-bond donors (Lipinski definition) is 0. The fourth-order valence-corrected chi connectivity index (χ4v) is 9.88. The van der Waals surface area contributed by atoms with Gasteiger partial charge in [-0.05, 0) is 52.6 Å². The molecule has 0 saturated heterocycles. The molecule has 10 rings (SSSR count). The number of rotatable bonds is 5. The van der Waals surface area contributed by atoms with E-state index in [1.807, 2.05) is 30.0 Å². The monoisotopic (exact) mass is 687 g/mol. The second-order valence-electron chi connectivity index (χ2n) is 12.8. The molecule has 9 aromatic rings. The van der Waals surface area contributed by atoms with Crippen LogP contribution in [0.4, 0.5) is 0 Å². The van der Waals surface area contributed by atoms with Crippen LogP contribution in [-0.4, -0.2) is 15.0 Å². The standard InChI is InChI=1S/C46H29N3S2/c1-4-14-30(15-5-1)43-47-44(49-45(48-43)32-24-26-36-35-20-10-12-22-39(35)50-42(36)29-32)31-25-27-41-38(28-31)46(33-16-6-2-7-17-33,34-18-8-3-9-19-34)37-21-11-13-23-40(37)51-41/h1-29H. The van der Waals surface area contributed by atoms with E-state index in [2.05, 4.69) is 158 Å². The van der Waals surface area contributed by atoms with E-state index in [1.165, 1.54) is 52.2 Å². The largest absolute Gasteiger partial charge is 0.208 e. The Balaban J connectivity index is 1.21. The molecule has 5 heteroatoms. The normalized spacial score (nSPS) is 13.2. The number of thiophene rings is 1. The van der Waals surface area contributed by atoms with Crippen molar-refractivity contribution in [2.75, 3.05) is 0 Å². The van der Waals surface area contributed by atoms with Gasteiger partial charge in [0.1, 0.15) is 0 Å². The quantitative estimate of drug-likeness (QED) is 0.181. The second kappa shape index (κ2) is 12.2. The van der Waals surface area contributed by atoms with E-state index in [4.69, 9.17) is 15.0 Å². The lowest BCUT2D eigenvalue weighted by Gasteiger charge is -2.42. The Morgan fingerprint density at radius 1 is 0.373 bits per heavy atom. The van der Waals surface area contributed by atoms with Gasteiger partial charge in [-0.1, -0.05) is 157 Å². The predicted molar refractivity (Wildman–Crippen MR) is 211 cm³/mol. The molecule has 0 atom stereocenters. The molecule has 0 fully saturated rings. The molecule has 2 aromatic heterocycles. The summed E-state index contributed by atoms with van der Waals surface area (Å²) in [4.78, 5) is 17.9. The minimum atomic E-state index is -0.542. The van der Waals surface area contributed by atoms with E-state index in [0.29, 0.717) is 17.5 Å². The second-order valence-corrected chi connectivity index (χ2v) is 14.9. The van der Waals surface area contributed by atoms with Gasteiger partial charge in [-0.3, -0.25) is 0 Å². The van der Waals surface area contributed by atoms with Crippen molar-refractivity contribution in [2.45, 2.75) is 15.2 Å². The highest BCUT2D eigenvalue weighted by Crippen LogP contribution is 2.56. The fourth-order valence-electron chi connectivity index (χ4n) is 7.56. The van der Waals surface area contributed by atoms with Crippen molar-refractivity contribution in [3.8, 4) is 34.2 Å². The molecular formula is C46H29N3S2. The van der Waals surface area contributed by atoms with Gasteiger partial charge in [-0.25, -0.2) is 15.0 Å². The Hall–Kier alpha value is -5.88. The highest BCUT2D eigenvalue weighted by Gasteiger charge is 2.44. The van der Waals surface area contributed by atoms with Gasteiger partial charge in [0.25, 0.3) is 0 Å². The maximum absolute atomic E-state index is 5.22. The van der Waals surface area contributed by atoms with E-state index in [1.54, 1.807) is 11.3 Å². The van der Waals surface area contributed by atoms with Crippen LogP contribution in [0.25, 0.3) is 54.3 Å². The van der Waals surface area contributed by atoms with Crippen molar-refractivity contribution in [1.82, 2.24) is 15.0 Å². The summed E-state index contributed by atoms with van der Waals surface area (Å²) in [5.74, 6) is 1.96. The third-order valence-corrected chi connectivity index (χ3v) is 12.2. The van der Waals surface area contributed by atoms with Crippen molar-refractivity contribution in [2.24, 2.45) is 0 Å². The van der Waals surface area contributed by atoms with Crippen LogP contribution in [0, 0.1) is 0 Å². The van der Waals surface area contributed by atoms with E-state index >= 15 is 0 Å². The van der Waals surface area contributed by atoms with Gasteiger partial charge in [0, 0.05) is 46.7 Å². The van der Waals surface area contributed by atoms with Crippen LogP contribution in [0.5, 0.6) is 0 Å². The number of hydrogen-bond acceptors (Lipinski definition) is 5. The molecule has 7 aromatic carbocycles. The van der Waals surface area contributed by atoms with Crippen LogP contribution >= 0.6 is 23.1 Å². The maximum atomic E-state index is 5.22. The Kier molecular flexibility index (Phi) is 7.15. The van der Waals surface area contributed by atoms with Gasteiger partial charge < -0.3 is 0 Å². The summed E-state index contributed by atoms with van der Waals surface area (Å²) in [5, 5.41) is 2.53. The van der Waals surface area contributed by atoms with E-state index < -0.39 is 5.41 Å².